The van der Waals surface area contributed by atoms with E-state index in [1.807, 2.05) is 13.0 Å². The van der Waals surface area contributed by atoms with Gasteiger partial charge >= 0.3 is 0 Å². The molecule has 2 aromatic rings. The van der Waals surface area contributed by atoms with Crippen molar-refractivity contribution in [2.45, 2.75) is 6.92 Å². The van der Waals surface area contributed by atoms with E-state index in [0.717, 1.165) is 5.69 Å². The Morgan fingerprint density at radius 3 is 2.80 bits per heavy atom. The number of aromatic hydroxyl groups is 1. The van der Waals surface area contributed by atoms with Gasteiger partial charge in [0.1, 0.15) is 5.82 Å². The van der Waals surface area contributed by atoms with Crippen LogP contribution in [0.3, 0.4) is 0 Å². The van der Waals surface area contributed by atoms with Crippen LogP contribution < -0.4 is 4.74 Å². The van der Waals surface area contributed by atoms with Crippen molar-refractivity contribution in [2.24, 2.45) is 0 Å². The van der Waals surface area contributed by atoms with Crippen molar-refractivity contribution in [3.63, 3.8) is 0 Å². The van der Waals surface area contributed by atoms with Crippen LogP contribution in [0.1, 0.15) is 5.69 Å². The first kappa shape index (κ1) is 9.58. The molecule has 0 aliphatic carbocycles. The number of aromatic nitrogens is 2. The van der Waals surface area contributed by atoms with Crippen molar-refractivity contribution in [3.05, 3.63) is 30.1 Å². The maximum absolute atomic E-state index is 9.87. The number of hydrogen-bond acceptors (Lipinski definition) is 3. The lowest BCUT2D eigenvalue weighted by molar-refractivity contribution is 0.374. The Kier molecular flexibility index (Phi) is 2.33. The Bertz CT molecular complexity index is 477. The molecule has 1 aromatic heterocycles. The maximum atomic E-state index is 9.87. The van der Waals surface area contributed by atoms with E-state index >= 15 is 0 Å². The van der Waals surface area contributed by atoms with Crippen molar-refractivity contribution < 1.29 is 9.84 Å². The SMILES string of the molecule is COc1cccc(-c2ncc(C)[nH]2)c1O. The molecule has 2 N–H and O–H groups in total. The normalized spacial score (nSPS) is 10.3. The zero-order valence-corrected chi connectivity index (χ0v) is 8.61. The van der Waals surface area contributed by atoms with Crippen LogP contribution in [-0.2, 0) is 0 Å². The van der Waals surface area contributed by atoms with E-state index in [0.29, 0.717) is 17.1 Å². The lowest BCUT2D eigenvalue weighted by Gasteiger charge is -2.06. The second-order valence-corrected chi connectivity index (χ2v) is 3.27. The summed E-state index contributed by atoms with van der Waals surface area (Å²) in [6.45, 7) is 1.91. The molecule has 0 radical (unpaired) electrons. The first-order valence-corrected chi connectivity index (χ1v) is 4.60. The van der Waals surface area contributed by atoms with E-state index in [2.05, 4.69) is 9.97 Å². The molecule has 0 saturated heterocycles. The third-order valence-electron chi connectivity index (χ3n) is 2.18. The highest BCUT2D eigenvalue weighted by Gasteiger charge is 2.11. The predicted molar refractivity (Wildman–Crippen MR) is 57.0 cm³/mol. The number of para-hydroxylation sites is 1. The molecule has 0 spiro atoms. The lowest BCUT2D eigenvalue weighted by atomic mass is 10.2. The van der Waals surface area contributed by atoms with Crippen LogP contribution in [0, 0.1) is 6.92 Å². The van der Waals surface area contributed by atoms with Crippen LogP contribution in [0.5, 0.6) is 11.5 Å². The summed E-state index contributed by atoms with van der Waals surface area (Å²) >= 11 is 0. The molecule has 1 aromatic carbocycles. The second kappa shape index (κ2) is 3.65. The second-order valence-electron chi connectivity index (χ2n) is 3.27. The number of phenols is 1. The van der Waals surface area contributed by atoms with E-state index < -0.39 is 0 Å². The first-order valence-electron chi connectivity index (χ1n) is 4.60. The summed E-state index contributed by atoms with van der Waals surface area (Å²) < 4.78 is 5.02. The molecule has 15 heavy (non-hydrogen) atoms. The van der Waals surface area contributed by atoms with Crippen molar-refractivity contribution in [2.75, 3.05) is 7.11 Å². The van der Waals surface area contributed by atoms with Crippen molar-refractivity contribution >= 4 is 0 Å². The van der Waals surface area contributed by atoms with Gasteiger partial charge in [0, 0.05) is 11.9 Å². The van der Waals surface area contributed by atoms with Gasteiger partial charge in [-0.2, -0.15) is 0 Å². The molecule has 0 fully saturated rings. The molecule has 0 aliphatic heterocycles. The van der Waals surface area contributed by atoms with Gasteiger partial charge in [0.05, 0.1) is 12.7 Å². The van der Waals surface area contributed by atoms with E-state index in [9.17, 15) is 5.11 Å². The topological polar surface area (TPSA) is 58.1 Å². The van der Waals surface area contributed by atoms with Crippen LogP contribution in [0.2, 0.25) is 0 Å². The number of phenolic OH excluding ortho intramolecular Hbond substituents is 1. The molecule has 78 valence electrons. The molecule has 1 heterocycles. The number of rotatable bonds is 2. The van der Waals surface area contributed by atoms with Gasteiger partial charge in [-0.25, -0.2) is 4.98 Å². The van der Waals surface area contributed by atoms with Gasteiger partial charge in [-0.05, 0) is 19.1 Å². The fourth-order valence-electron chi connectivity index (χ4n) is 1.43. The fraction of sp³-hybridized carbons (Fsp3) is 0.182. The minimum atomic E-state index is 0.106. The molecule has 0 bridgehead atoms. The number of methoxy groups -OCH3 is 1. The highest BCUT2D eigenvalue weighted by molar-refractivity contribution is 5.68. The van der Waals surface area contributed by atoms with E-state index in [-0.39, 0.29) is 5.75 Å². The molecule has 0 saturated carbocycles. The monoisotopic (exact) mass is 204 g/mol. The summed E-state index contributed by atoms with van der Waals surface area (Å²) in [5.74, 6) is 1.19. The van der Waals surface area contributed by atoms with Crippen LogP contribution in [0.25, 0.3) is 11.4 Å². The summed E-state index contributed by atoms with van der Waals surface area (Å²) in [6.07, 6.45) is 1.72. The molecule has 4 heteroatoms. The van der Waals surface area contributed by atoms with Crippen LogP contribution in [0.15, 0.2) is 24.4 Å². The van der Waals surface area contributed by atoms with Gasteiger partial charge in [0.25, 0.3) is 0 Å². The Morgan fingerprint density at radius 2 is 2.20 bits per heavy atom. The molecule has 4 nitrogen and oxygen atoms in total. The molecular formula is C11H12N2O2. The number of H-pyrrole nitrogens is 1. The van der Waals surface area contributed by atoms with Crippen molar-refractivity contribution in [1.82, 2.24) is 9.97 Å². The summed E-state index contributed by atoms with van der Waals surface area (Å²) in [5, 5.41) is 9.87. The smallest absolute Gasteiger partial charge is 0.168 e. The molecule has 0 unspecified atom stereocenters. The van der Waals surface area contributed by atoms with E-state index in [4.69, 9.17) is 4.74 Å². The van der Waals surface area contributed by atoms with Gasteiger partial charge < -0.3 is 14.8 Å². The summed E-state index contributed by atoms with van der Waals surface area (Å²) in [4.78, 5) is 7.21. The first-order chi connectivity index (χ1) is 7.22. The number of aromatic amines is 1. The summed E-state index contributed by atoms with van der Waals surface area (Å²) in [5.41, 5.74) is 1.59. The average Bonchev–Trinajstić information content (AvgIpc) is 2.65. The number of ether oxygens (including phenoxy) is 1. The lowest BCUT2D eigenvalue weighted by Crippen LogP contribution is -1.87. The third kappa shape index (κ3) is 1.66. The maximum Gasteiger partial charge on any atom is 0.168 e. The number of nitrogens with zero attached hydrogens (tertiary/aromatic N) is 1. The predicted octanol–water partition coefficient (Wildman–Crippen LogP) is 2.10. The van der Waals surface area contributed by atoms with Gasteiger partial charge in [0.15, 0.2) is 11.5 Å². The highest BCUT2D eigenvalue weighted by Crippen LogP contribution is 2.35. The zero-order chi connectivity index (χ0) is 10.8. The summed E-state index contributed by atoms with van der Waals surface area (Å²) in [6, 6.07) is 5.30. The van der Waals surface area contributed by atoms with E-state index in [1.165, 1.54) is 7.11 Å². The minimum Gasteiger partial charge on any atom is -0.504 e. The Labute approximate surface area is 87.6 Å². The van der Waals surface area contributed by atoms with Gasteiger partial charge in [-0.15, -0.1) is 0 Å². The van der Waals surface area contributed by atoms with Gasteiger partial charge in [-0.3, -0.25) is 0 Å². The van der Waals surface area contributed by atoms with E-state index in [1.54, 1.807) is 18.3 Å². The Morgan fingerprint density at radius 1 is 1.40 bits per heavy atom. The molecule has 0 aliphatic rings. The standard InChI is InChI=1S/C11H12N2O2/c1-7-6-12-11(13-7)8-4-3-5-9(15-2)10(8)14/h3-6,14H,1-2H3,(H,12,13). The Hall–Kier alpha value is -1.97. The number of imidazole rings is 1. The largest absolute Gasteiger partial charge is 0.504 e. The molecule has 0 atom stereocenters. The number of nitrogens with one attached hydrogen (secondary N) is 1. The highest BCUT2D eigenvalue weighted by atomic mass is 16.5. The van der Waals surface area contributed by atoms with Crippen LogP contribution >= 0.6 is 0 Å². The van der Waals surface area contributed by atoms with Crippen molar-refractivity contribution in [1.29, 1.82) is 0 Å². The number of hydrogen-bond donors (Lipinski definition) is 2. The molecular weight excluding hydrogens is 192 g/mol. The number of aryl methyl sites for hydroxylation is 1. The zero-order valence-electron chi connectivity index (χ0n) is 8.61. The van der Waals surface area contributed by atoms with Gasteiger partial charge in [0.2, 0.25) is 0 Å². The quantitative estimate of drug-likeness (QED) is 0.787. The number of benzene rings is 1. The van der Waals surface area contributed by atoms with Gasteiger partial charge in [-0.1, -0.05) is 6.07 Å². The molecule has 2 rings (SSSR count). The van der Waals surface area contributed by atoms with Crippen LogP contribution in [-0.4, -0.2) is 22.2 Å². The fourth-order valence-corrected chi connectivity index (χ4v) is 1.43. The molecule has 0 amide bonds. The summed E-state index contributed by atoms with van der Waals surface area (Å²) in [7, 11) is 1.52. The van der Waals surface area contributed by atoms with Crippen LogP contribution in [0.4, 0.5) is 0 Å². The van der Waals surface area contributed by atoms with Crippen molar-refractivity contribution in [3.8, 4) is 22.9 Å². The third-order valence-corrected chi connectivity index (χ3v) is 2.18. The Balaban J connectivity index is 2.53. The minimum absolute atomic E-state index is 0.106. The average molecular weight is 204 g/mol.